The Labute approximate surface area is 169 Å². The van der Waals surface area contributed by atoms with Crippen LogP contribution >= 0.6 is 0 Å². The summed E-state index contributed by atoms with van der Waals surface area (Å²) in [5.74, 6) is 2.24. The fourth-order valence-electron chi connectivity index (χ4n) is 2.83. The third-order valence-electron chi connectivity index (χ3n) is 4.24. The summed E-state index contributed by atoms with van der Waals surface area (Å²) in [5.41, 5.74) is 1.70. The number of carbonyl (C=O) groups excluding carboxylic acids is 1. The van der Waals surface area contributed by atoms with E-state index in [4.69, 9.17) is 9.47 Å². The van der Waals surface area contributed by atoms with Crippen molar-refractivity contribution >= 4 is 11.9 Å². The maximum atomic E-state index is 12.7. The third kappa shape index (κ3) is 4.90. The molecule has 0 spiro atoms. The standard InChI is InChI=1S/C21H25N5O3/c1-14(2)10-19(27)26-21(24-20(25-26)16-6-5-9-22-13-16)23-12-15-7-8-17(28-3)18(11-15)29-4/h5-9,11,13-14H,10,12H2,1-4H3,(H,23,24,25). The molecule has 0 amide bonds. The van der Waals surface area contributed by atoms with E-state index in [-0.39, 0.29) is 11.8 Å². The van der Waals surface area contributed by atoms with Crippen LogP contribution in [0, 0.1) is 5.92 Å². The van der Waals surface area contributed by atoms with Crippen LogP contribution in [0.1, 0.15) is 30.6 Å². The van der Waals surface area contributed by atoms with E-state index in [9.17, 15) is 4.79 Å². The van der Waals surface area contributed by atoms with Crippen LogP contribution in [-0.2, 0) is 6.54 Å². The summed E-state index contributed by atoms with van der Waals surface area (Å²) >= 11 is 0. The Bertz CT molecular complexity index is 970. The van der Waals surface area contributed by atoms with Crippen molar-refractivity contribution in [3.8, 4) is 22.9 Å². The first kappa shape index (κ1) is 20.3. The molecule has 8 heteroatoms. The molecule has 0 saturated carbocycles. The first-order chi connectivity index (χ1) is 14.0. The number of rotatable bonds is 8. The highest BCUT2D eigenvalue weighted by Crippen LogP contribution is 2.28. The molecule has 3 aromatic rings. The number of nitrogens with one attached hydrogen (secondary N) is 1. The molecule has 1 N–H and O–H groups in total. The van der Waals surface area contributed by atoms with Gasteiger partial charge in [0, 0.05) is 30.9 Å². The van der Waals surface area contributed by atoms with Crippen molar-refractivity contribution in [3.63, 3.8) is 0 Å². The molecule has 3 rings (SSSR count). The Morgan fingerprint density at radius 1 is 1.17 bits per heavy atom. The summed E-state index contributed by atoms with van der Waals surface area (Å²) in [4.78, 5) is 21.3. The fourth-order valence-corrected chi connectivity index (χ4v) is 2.83. The van der Waals surface area contributed by atoms with Gasteiger partial charge in [-0.05, 0) is 35.7 Å². The van der Waals surface area contributed by atoms with E-state index < -0.39 is 0 Å². The maximum absolute atomic E-state index is 12.7. The molecular formula is C21H25N5O3. The van der Waals surface area contributed by atoms with Crippen LogP contribution in [0.25, 0.3) is 11.4 Å². The average molecular weight is 395 g/mol. The van der Waals surface area contributed by atoms with Gasteiger partial charge in [-0.1, -0.05) is 19.9 Å². The van der Waals surface area contributed by atoms with Crippen LogP contribution in [0.2, 0.25) is 0 Å². The van der Waals surface area contributed by atoms with Crippen LogP contribution in [0.15, 0.2) is 42.7 Å². The zero-order chi connectivity index (χ0) is 20.8. The molecule has 2 aromatic heterocycles. The van der Waals surface area contributed by atoms with Gasteiger partial charge in [0.25, 0.3) is 0 Å². The van der Waals surface area contributed by atoms with Gasteiger partial charge >= 0.3 is 0 Å². The Kier molecular flexibility index (Phi) is 6.43. The molecule has 0 atom stereocenters. The normalized spacial score (nSPS) is 10.8. The van der Waals surface area contributed by atoms with Crippen LogP contribution < -0.4 is 14.8 Å². The molecule has 152 valence electrons. The first-order valence-corrected chi connectivity index (χ1v) is 9.37. The number of ether oxygens (including phenoxy) is 2. The summed E-state index contributed by atoms with van der Waals surface area (Å²) in [6.45, 7) is 4.43. The zero-order valence-corrected chi connectivity index (χ0v) is 17.0. The lowest BCUT2D eigenvalue weighted by Crippen LogP contribution is -2.18. The number of methoxy groups -OCH3 is 2. The van der Waals surface area contributed by atoms with E-state index in [0.29, 0.717) is 36.2 Å². The largest absolute Gasteiger partial charge is 0.493 e. The predicted octanol–water partition coefficient (Wildman–Crippen LogP) is 3.66. The second-order valence-corrected chi connectivity index (χ2v) is 6.95. The average Bonchev–Trinajstić information content (AvgIpc) is 3.16. The summed E-state index contributed by atoms with van der Waals surface area (Å²) in [6, 6.07) is 9.31. The topological polar surface area (TPSA) is 91.2 Å². The van der Waals surface area contributed by atoms with Gasteiger partial charge in [-0.3, -0.25) is 9.78 Å². The Balaban J connectivity index is 1.87. The molecule has 0 aliphatic carbocycles. The number of nitrogens with zero attached hydrogens (tertiary/aromatic N) is 4. The smallest absolute Gasteiger partial charge is 0.250 e. The predicted molar refractivity (Wildman–Crippen MR) is 110 cm³/mol. The van der Waals surface area contributed by atoms with Gasteiger partial charge in [-0.15, -0.1) is 5.10 Å². The van der Waals surface area contributed by atoms with Crippen molar-refractivity contribution in [1.82, 2.24) is 19.7 Å². The maximum Gasteiger partial charge on any atom is 0.250 e. The van der Waals surface area contributed by atoms with Gasteiger partial charge in [-0.2, -0.15) is 9.67 Å². The highest BCUT2D eigenvalue weighted by molar-refractivity contribution is 5.81. The summed E-state index contributed by atoms with van der Waals surface area (Å²) in [7, 11) is 3.19. The van der Waals surface area contributed by atoms with Crippen molar-refractivity contribution in [2.45, 2.75) is 26.8 Å². The van der Waals surface area contributed by atoms with Crippen LogP contribution in [0.3, 0.4) is 0 Å². The van der Waals surface area contributed by atoms with Crippen molar-refractivity contribution in [2.24, 2.45) is 5.92 Å². The SMILES string of the molecule is COc1ccc(CNc2nc(-c3cccnc3)nn2C(=O)CC(C)C)cc1OC. The molecule has 0 aliphatic rings. The molecule has 0 fully saturated rings. The van der Waals surface area contributed by atoms with Gasteiger partial charge in [0.15, 0.2) is 17.3 Å². The second kappa shape index (κ2) is 9.18. The minimum atomic E-state index is -0.113. The van der Waals surface area contributed by atoms with Gasteiger partial charge in [0.1, 0.15) is 0 Å². The van der Waals surface area contributed by atoms with E-state index in [0.717, 1.165) is 11.1 Å². The van der Waals surface area contributed by atoms with Crippen LogP contribution in [0.5, 0.6) is 11.5 Å². The molecule has 2 heterocycles. The summed E-state index contributed by atoms with van der Waals surface area (Å²) in [5, 5.41) is 7.63. The first-order valence-electron chi connectivity index (χ1n) is 9.37. The highest BCUT2D eigenvalue weighted by Gasteiger charge is 2.18. The Morgan fingerprint density at radius 2 is 1.97 bits per heavy atom. The van der Waals surface area contributed by atoms with Gasteiger partial charge in [-0.25, -0.2) is 0 Å². The number of carbonyl (C=O) groups is 1. The van der Waals surface area contributed by atoms with E-state index in [1.54, 1.807) is 26.6 Å². The van der Waals surface area contributed by atoms with Crippen molar-refractivity contribution in [2.75, 3.05) is 19.5 Å². The van der Waals surface area contributed by atoms with E-state index >= 15 is 0 Å². The lowest BCUT2D eigenvalue weighted by atomic mass is 10.1. The number of benzene rings is 1. The molecule has 0 saturated heterocycles. The molecule has 0 unspecified atom stereocenters. The summed E-state index contributed by atoms with van der Waals surface area (Å²) < 4.78 is 12.0. The number of hydrogen-bond donors (Lipinski definition) is 1. The lowest BCUT2D eigenvalue weighted by Gasteiger charge is -2.11. The second-order valence-electron chi connectivity index (χ2n) is 6.95. The Hall–Kier alpha value is -3.42. The Morgan fingerprint density at radius 3 is 2.62 bits per heavy atom. The number of pyridine rings is 1. The summed E-state index contributed by atoms with van der Waals surface area (Å²) in [6.07, 6.45) is 3.73. The van der Waals surface area contributed by atoms with Crippen molar-refractivity contribution in [3.05, 3.63) is 48.3 Å². The molecular weight excluding hydrogens is 370 g/mol. The fraction of sp³-hybridized carbons (Fsp3) is 0.333. The quantitative estimate of drug-likeness (QED) is 0.622. The minimum absolute atomic E-state index is 0.113. The van der Waals surface area contributed by atoms with E-state index in [1.807, 2.05) is 44.2 Å². The molecule has 1 aromatic carbocycles. The number of aromatic nitrogens is 4. The highest BCUT2D eigenvalue weighted by atomic mass is 16.5. The number of hydrogen-bond acceptors (Lipinski definition) is 7. The zero-order valence-electron chi connectivity index (χ0n) is 17.0. The van der Waals surface area contributed by atoms with E-state index in [1.165, 1.54) is 4.68 Å². The van der Waals surface area contributed by atoms with Gasteiger partial charge in [0.05, 0.1) is 14.2 Å². The van der Waals surface area contributed by atoms with Gasteiger partial charge in [0.2, 0.25) is 11.9 Å². The van der Waals surface area contributed by atoms with Crippen LogP contribution in [0.4, 0.5) is 5.95 Å². The van der Waals surface area contributed by atoms with Crippen molar-refractivity contribution < 1.29 is 14.3 Å². The third-order valence-corrected chi connectivity index (χ3v) is 4.24. The van der Waals surface area contributed by atoms with Crippen LogP contribution in [-0.4, -0.2) is 39.9 Å². The monoisotopic (exact) mass is 395 g/mol. The number of anilines is 1. The minimum Gasteiger partial charge on any atom is -0.493 e. The lowest BCUT2D eigenvalue weighted by molar-refractivity contribution is 0.0873. The molecule has 0 aliphatic heterocycles. The van der Waals surface area contributed by atoms with E-state index in [2.05, 4.69) is 20.4 Å². The van der Waals surface area contributed by atoms with Crippen molar-refractivity contribution in [1.29, 1.82) is 0 Å². The molecule has 0 radical (unpaired) electrons. The molecule has 29 heavy (non-hydrogen) atoms. The molecule has 0 bridgehead atoms. The van der Waals surface area contributed by atoms with Gasteiger partial charge < -0.3 is 14.8 Å². The molecule has 8 nitrogen and oxygen atoms in total.